The minimum Gasteiger partial charge on any atom is -0.472 e. The van der Waals surface area contributed by atoms with Gasteiger partial charge in [0.25, 0.3) is 0 Å². The Morgan fingerprint density at radius 1 is 1.60 bits per heavy atom. The highest BCUT2D eigenvalue weighted by molar-refractivity contribution is 5.50. The van der Waals surface area contributed by atoms with Gasteiger partial charge in [0.15, 0.2) is 5.69 Å². The molecule has 5 heteroatoms. The van der Waals surface area contributed by atoms with Gasteiger partial charge < -0.3 is 15.2 Å². The van der Waals surface area contributed by atoms with Crippen molar-refractivity contribution in [1.82, 2.24) is 4.98 Å². The fraction of sp³-hybridized carbons (Fsp3) is 0.400. The molecule has 0 amide bonds. The number of nitrogens with zero attached hydrogens (tertiary/aromatic N) is 2. The molecule has 80 valence electrons. The molecule has 1 aromatic heterocycles. The van der Waals surface area contributed by atoms with E-state index >= 15 is 0 Å². The molecular weight excluding hydrogens is 194 g/mol. The largest absolute Gasteiger partial charge is 0.472 e. The maximum atomic E-state index is 8.71. The lowest BCUT2D eigenvalue weighted by atomic mass is 10.3. The number of methoxy groups -OCH3 is 1. The van der Waals surface area contributed by atoms with Crippen LogP contribution in [-0.4, -0.2) is 24.8 Å². The summed E-state index contributed by atoms with van der Waals surface area (Å²) in [6, 6.07) is 5.12. The number of ether oxygens (including phenoxy) is 2. The van der Waals surface area contributed by atoms with Crippen LogP contribution < -0.4 is 10.5 Å². The molecule has 1 heterocycles. The third-order valence-electron chi connectivity index (χ3n) is 1.73. The summed E-state index contributed by atoms with van der Waals surface area (Å²) in [6.45, 7) is 2.32. The van der Waals surface area contributed by atoms with Gasteiger partial charge in [0.2, 0.25) is 5.88 Å². The van der Waals surface area contributed by atoms with Gasteiger partial charge in [-0.3, -0.25) is 0 Å². The second kappa shape index (κ2) is 5.17. The van der Waals surface area contributed by atoms with Gasteiger partial charge in [0.1, 0.15) is 12.2 Å². The summed E-state index contributed by atoms with van der Waals surface area (Å²) in [5.74, 6) is 0.380. The number of nitriles is 1. The molecule has 15 heavy (non-hydrogen) atoms. The molecule has 1 rings (SSSR count). The zero-order valence-electron chi connectivity index (χ0n) is 8.73. The average molecular weight is 207 g/mol. The van der Waals surface area contributed by atoms with Crippen molar-refractivity contribution >= 4 is 5.69 Å². The Morgan fingerprint density at radius 3 is 2.93 bits per heavy atom. The van der Waals surface area contributed by atoms with Crippen molar-refractivity contribution in [3.05, 3.63) is 17.8 Å². The first-order valence-electron chi connectivity index (χ1n) is 4.49. The first-order valence-corrected chi connectivity index (χ1v) is 4.49. The van der Waals surface area contributed by atoms with E-state index in [1.807, 2.05) is 13.0 Å². The molecule has 0 aromatic carbocycles. The van der Waals surface area contributed by atoms with Crippen molar-refractivity contribution in [2.45, 2.75) is 13.0 Å². The highest BCUT2D eigenvalue weighted by Crippen LogP contribution is 2.15. The lowest BCUT2D eigenvalue weighted by Crippen LogP contribution is -2.18. The summed E-state index contributed by atoms with van der Waals surface area (Å²) in [4.78, 5) is 3.95. The molecule has 0 saturated heterocycles. The number of hydrogen-bond acceptors (Lipinski definition) is 5. The summed E-state index contributed by atoms with van der Waals surface area (Å²) in [5, 5.41) is 8.71. The molecule has 2 N–H and O–H groups in total. The summed E-state index contributed by atoms with van der Waals surface area (Å²) in [5.41, 5.74) is 6.05. The van der Waals surface area contributed by atoms with Crippen molar-refractivity contribution in [1.29, 1.82) is 5.26 Å². The van der Waals surface area contributed by atoms with Gasteiger partial charge in [-0.1, -0.05) is 0 Å². The highest BCUT2D eigenvalue weighted by atomic mass is 16.5. The zero-order valence-corrected chi connectivity index (χ0v) is 8.73. The van der Waals surface area contributed by atoms with Gasteiger partial charge in [0, 0.05) is 13.2 Å². The van der Waals surface area contributed by atoms with E-state index in [1.165, 1.54) is 0 Å². The van der Waals surface area contributed by atoms with E-state index in [1.54, 1.807) is 19.2 Å². The maximum Gasteiger partial charge on any atom is 0.214 e. The van der Waals surface area contributed by atoms with Gasteiger partial charge in [-0.2, -0.15) is 5.26 Å². The lowest BCUT2D eigenvalue weighted by molar-refractivity contribution is 0.0889. The van der Waals surface area contributed by atoms with E-state index < -0.39 is 0 Å². The third-order valence-corrected chi connectivity index (χ3v) is 1.73. The van der Waals surface area contributed by atoms with Crippen molar-refractivity contribution in [2.75, 3.05) is 19.5 Å². The number of nitrogens with two attached hydrogens (primary N) is 1. The van der Waals surface area contributed by atoms with Crippen LogP contribution in [0, 0.1) is 11.3 Å². The van der Waals surface area contributed by atoms with Gasteiger partial charge in [-0.25, -0.2) is 4.98 Å². The molecule has 5 nitrogen and oxygen atoms in total. The standard InChI is InChI=1S/C10H13N3O2/c1-7(6-14-2)15-10-4-3-8(12)9(5-11)13-10/h3-4,7H,6,12H2,1-2H3. The van der Waals surface area contributed by atoms with Crippen molar-refractivity contribution in [3.63, 3.8) is 0 Å². The molecule has 1 aromatic rings. The topological polar surface area (TPSA) is 81.2 Å². The minimum absolute atomic E-state index is 0.113. The van der Waals surface area contributed by atoms with Gasteiger partial charge in [-0.05, 0) is 13.0 Å². The monoisotopic (exact) mass is 207 g/mol. The SMILES string of the molecule is COCC(C)Oc1ccc(N)c(C#N)n1. The first kappa shape index (κ1) is 11.3. The van der Waals surface area contributed by atoms with Crippen LogP contribution in [0.3, 0.4) is 0 Å². The van der Waals surface area contributed by atoms with E-state index in [-0.39, 0.29) is 11.8 Å². The van der Waals surface area contributed by atoms with Crippen LogP contribution in [0.25, 0.3) is 0 Å². The fourth-order valence-corrected chi connectivity index (χ4v) is 1.08. The maximum absolute atomic E-state index is 8.71. The van der Waals surface area contributed by atoms with Crippen LogP contribution in [0.5, 0.6) is 5.88 Å². The summed E-state index contributed by atoms with van der Waals surface area (Å²) >= 11 is 0. The normalized spacial score (nSPS) is 11.8. The predicted octanol–water partition coefficient (Wildman–Crippen LogP) is 0.949. The quantitative estimate of drug-likeness (QED) is 0.794. The van der Waals surface area contributed by atoms with E-state index in [2.05, 4.69) is 4.98 Å². The van der Waals surface area contributed by atoms with Crippen LogP contribution in [0.1, 0.15) is 12.6 Å². The second-order valence-electron chi connectivity index (χ2n) is 3.08. The van der Waals surface area contributed by atoms with Crippen molar-refractivity contribution in [3.8, 4) is 11.9 Å². The Balaban J connectivity index is 2.75. The highest BCUT2D eigenvalue weighted by Gasteiger charge is 2.07. The lowest BCUT2D eigenvalue weighted by Gasteiger charge is -2.12. The molecule has 0 bridgehead atoms. The Hall–Kier alpha value is -1.80. The Morgan fingerprint density at radius 2 is 2.33 bits per heavy atom. The summed E-state index contributed by atoms with van der Waals surface area (Å²) < 4.78 is 10.3. The molecule has 0 aliphatic carbocycles. The van der Waals surface area contributed by atoms with Crippen LogP contribution in [0.2, 0.25) is 0 Å². The molecular formula is C10H13N3O2. The Kier molecular flexibility index (Phi) is 3.89. The number of pyridine rings is 1. The fourth-order valence-electron chi connectivity index (χ4n) is 1.08. The Labute approximate surface area is 88.4 Å². The van der Waals surface area contributed by atoms with Crippen LogP contribution in [0.4, 0.5) is 5.69 Å². The minimum atomic E-state index is -0.113. The van der Waals surface area contributed by atoms with Gasteiger partial charge in [0.05, 0.1) is 12.3 Å². The molecule has 0 radical (unpaired) electrons. The van der Waals surface area contributed by atoms with E-state index in [0.29, 0.717) is 18.2 Å². The van der Waals surface area contributed by atoms with Crippen molar-refractivity contribution in [2.24, 2.45) is 0 Å². The van der Waals surface area contributed by atoms with Gasteiger partial charge >= 0.3 is 0 Å². The number of nitrogen functional groups attached to an aromatic ring is 1. The van der Waals surface area contributed by atoms with E-state index in [4.69, 9.17) is 20.5 Å². The average Bonchev–Trinajstić information content (AvgIpc) is 2.21. The molecule has 1 unspecified atom stereocenters. The number of aromatic nitrogens is 1. The number of hydrogen-bond donors (Lipinski definition) is 1. The summed E-state index contributed by atoms with van der Waals surface area (Å²) in [6.07, 6.45) is -0.113. The van der Waals surface area contributed by atoms with Crippen LogP contribution >= 0.6 is 0 Å². The Bertz CT molecular complexity index is 373. The second-order valence-corrected chi connectivity index (χ2v) is 3.08. The number of anilines is 1. The third kappa shape index (κ3) is 3.11. The van der Waals surface area contributed by atoms with Crippen LogP contribution in [0.15, 0.2) is 12.1 Å². The van der Waals surface area contributed by atoms with Crippen molar-refractivity contribution < 1.29 is 9.47 Å². The summed E-state index contributed by atoms with van der Waals surface area (Å²) in [7, 11) is 1.59. The molecule has 0 aliphatic heterocycles. The van der Waals surface area contributed by atoms with Crippen LogP contribution in [-0.2, 0) is 4.74 Å². The smallest absolute Gasteiger partial charge is 0.214 e. The van der Waals surface area contributed by atoms with Gasteiger partial charge in [-0.15, -0.1) is 0 Å². The van der Waals surface area contributed by atoms with E-state index in [0.717, 1.165) is 0 Å². The predicted molar refractivity (Wildman–Crippen MR) is 55.3 cm³/mol. The number of rotatable bonds is 4. The first-order chi connectivity index (χ1) is 7.17. The zero-order chi connectivity index (χ0) is 11.3. The molecule has 0 fully saturated rings. The molecule has 0 saturated carbocycles. The molecule has 1 atom stereocenters. The molecule has 0 aliphatic rings. The van der Waals surface area contributed by atoms with E-state index in [9.17, 15) is 0 Å². The molecule has 0 spiro atoms.